The molecule has 2 saturated heterocycles. The molecule has 2 fully saturated rings. The highest BCUT2D eigenvalue weighted by Gasteiger charge is 2.47. The maximum absolute atomic E-state index is 14.2. The summed E-state index contributed by atoms with van der Waals surface area (Å²) in [7, 11) is 0. The van der Waals surface area contributed by atoms with E-state index < -0.39 is 111 Å². The fourth-order valence-electron chi connectivity index (χ4n) is 9.43. The van der Waals surface area contributed by atoms with E-state index in [0.717, 1.165) is 57.8 Å². The molecule has 2 rings (SSSR count). The molecule has 0 aromatic carbocycles. The summed E-state index contributed by atoms with van der Waals surface area (Å²) < 4.78 is 22.9. The predicted octanol–water partition coefficient (Wildman–Crippen LogP) is 6.27. The van der Waals surface area contributed by atoms with Crippen LogP contribution in [-0.2, 0) is 23.7 Å². The van der Waals surface area contributed by atoms with E-state index in [1.165, 1.54) is 122 Å². The molecule has 16 heteroatoms. The Morgan fingerprint density at radius 3 is 1.31 bits per heavy atom. The van der Waals surface area contributed by atoms with Crippen LogP contribution in [0.1, 0.15) is 219 Å². The van der Waals surface area contributed by atoms with Crippen LogP contribution in [-0.4, -0.2) is 163 Å². The second-order valence-electron chi connectivity index (χ2n) is 20.3. The van der Waals surface area contributed by atoms with Crippen LogP contribution in [0.5, 0.6) is 0 Å². The second kappa shape index (κ2) is 41.0. The van der Waals surface area contributed by atoms with E-state index in [0.29, 0.717) is 12.8 Å². The van der Waals surface area contributed by atoms with E-state index in [9.17, 15) is 55.9 Å². The van der Waals surface area contributed by atoms with Crippen molar-refractivity contribution in [2.75, 3.05) is 19.8 Å². The first-order chi connectivity index (χ1) is 33.9. The van der Waals surface area contributed by atoms with Crippen LogP contribution < -0.4 is 5.32 Å². The standard InChI is InChI=1S/C54H103NO15/c1-3-5-7-9-11-13-15-17-18-19-20-21-22-23-24-26-28-30-32-34-36-42(68-54-51(65)49(63)47(61)44(38-57)70-54)52(66)55-40(39-67-53-50(64)48(62)46(60)43(37-56)69-53)45(59)41(58)35-33-31-29-27-25-16-14-12-10-8-6-4-2/h14,16,40-51,53-54,56-65H,3-13,15,17-39H2,1-2H3,(H,55,66)/b16-14+/t40-,41+,42-,43+,44+,45-,46+,47+,48-,49-,50+,51+,53+,54+/m0/s1. The van der Waals surface area contributed by atoms with Crippen molar-refractivity contribution in [3.05, 3.63) is 12.2 Å². The number of nitrogens with one attached hydrogen (secondary N) is 1. The number of amides is 1. The van der Waals surface area contributed by atoms with E-state index in [-0.39, 0.29) is 12.8 Å². The molecule has 414 valence electrons. The lowest BCUT2D eigenvalue weighted by atomic mass is 9.98. The number of carbonyl (C=O) groups excluding carboxylic acids is 1. The van der Waals surface area contributed by atoms with Crippen LogP contribution >= 0.6 is 0 Å². The summed E-state index contributed by atoms with van der Waals surface area (Å²) in [6.07, 6.45) is 18.9. The van der Waals surface area contributed by atoms with Crippen LogP contribution in [0, 0.1) is 0 Å². The number of allylic oxidation sites excluding steroid dienone is 2. The number of rotatable bonds is 44. The van der Waals surface area contributed by atoms with Crippen LogP contribution in [0.2, 0.25) is 0 Å². The molecule has 1 amide bonds. The lowest BCUT2D eigenvalue weighted by Crippen LogP contribution is -2.61. The van der Waals surface area contributed by atoms with Crippen molar-refractivity contribution >= 4 is 5.91 Å². The van der Waals surface area contributed by atoms with Gasteiger partial charge in [-0.05, 0) is 38.5 Å². The van der Waals surface area contributed by atoms with Crippen LogP contribution in [0.3, 0.4) is 0 Å². The van der Waals surface area contributed by atoms with Gasteiger partial charge in [0.15, 0.2) is 12.6 Å². The zero-order valence-electron chi connectivity index (χ0n) is 43.5. The monoisotopic (exact) mass is 1010 g/mol. The topological polar surface area (TPSA) is 268 Å². The molecule has 0 saturated carbocycles. The Morgan fingerprint density at radius 2 is 0.871 bits per heavy atom. The minimum absolute atomic E-state index is 0.132. The van der Waals surface area contributed by atoms with Gasteiger partial charge in [0.25, 0.3) is 0 Å². The van der Waals surface area contributed by atoms with Crippen LogP contribution in [0.25, 0.3) is 0 Å². The molecule has 16 nitrogen and oxygen atoms in total. The number of hydrogen-bond acceptors (Lipinski definition) is 15. The number of unbranched alkanes of at least 4 members (excludes halogenated alkanes) is 27. The molecule has 2 heterocycles. The molecule has 0 unspecified atom stereocenters. The lowest BCUT2D eigenvalue weighted by molar-refractivity contribution is -0.309. The molecule has 2 aliphatic heterocycles. The molecular weight excluding hydrogens is 903 g/mol. The van der Waals surface area contributed by atoms with E-state index in [1.54, 1.807) is 0 Å². The molecular formula is C54H103NO15. The van der Waals surface area contributed by atoms with Gasteiger partial charge in [0.2, 0.25) is 5.91 Å². The maximum atomic E-state index is 14.2. The van der Waals surface area contributed by atoms with Gasteiger partial charge in [-0.15, -0.1) is 0 Å². The SMILES string of the molecule is CCCCCC/C=C/CCCCCC[C@@H](O)[C@@H](O)[C@H](CO[C@@H]1O[C@H](CO)[C@@H](O)[C@H](O)[C@H]1O)NC(=O)[C@H](CCCCCCCCCCCCCCCCCCCCCC)O[C@@H]1O[C@H](CO)[C@@H](O)[C@H](O)[C@H]1O. The van der Waals surface area contributed by atoms with Crippen LogP contribution in [0.15, 0.2) is 12.2 Å². The second-order valence-corrected chi connectivity index (χ2v) is 20.3. The van der Waals surface area contributed by atoms with Crippen molar-refractivity contribution in [2.45, 2.75) is 305 Å². The Labute approximate surface area is 421 Å². The summed E-state index contributed by atoms with van der Waals surface area (Å²) in [6, 6.07) is -1.34. The summed E-state index contributed by atoms with van der Waals surface area (Å²) >= 11 is 0. The van der Waals surface area contributed by atoms with Crippen molar-refractivity contribution in [1.29, 1.82) is 0 Å². The van der Waals surface area contributed by atoms with E-state index >= 15 is 0 Å². The van der Waals surface area contributed by atoms with Crippen molar-refractivity contribution in [3.63, 3.8) is 0 Å². The Morgan fingerprint density at radius 1 is 0.500 bits per heavy atom. The summed E-state index contributed by atoms with van der Waals surface area (Å²) in [5.74, 6) is -0.776. The van der Waals surface area contributed by atoms with Gasteiger partial charge in [-0.3, -0.25) is 4.79 Å². The first-order valence-corrected chi connectivity index (χ1v) is 28.1. The van der Waals surface area contributed by atoms with E-state index in [4.69, 9.17) is 18.9 Å². The van der Waals surface area contributed by atoms with Gasteiger partial charge >= 0.3 is 0 Å². The first-order valence-electron chi connectivity index (χ1n) is 28.1. The summed E-state index contributed by atoms with van der Waals surface area (Å²) in [6.45, 7) is 2.51. The zero-order valence-corrected chi connectivity index (χ0v) is 43.5. The zero-order chi connectivity index (χ0) is 51.4. The van der Waals surface area contributed by atoms with Crippen molar-refractivity contribution in [3.8, 4) is 0 Å². The number of ether oxygens (including phenoxy) is 4. The third-order valence-electron chi connectivity index (χ3n) is 14.2. The fraction of sp³-hybridized carbons (Fsp3) is 0.944. The molecule has 11 N–H and O–H groups in total. The lowest BCUT2D eigenvalue weighted by Gasteiger charge is -2.41. The highest BCUT2D eigenvalue weighted by Crippen LogP contribution is 2.26. The average Bonchev–Trinajstić information content (AvgIpc) is 3.36. The van der Waals surface area contributed by atoms with Crippen molar-refractivity contribution in [1.82, 2.24) is 5.32 Å². The largest absolute Gasteiger partial charge is 0.394 e. The molecule has 0 bridgehead atoms. The first kappa shape index (κ1) is 64.8. The molecule has 70 heavy (non-hydrogen) atoms. The molecule has 0 radical (unpaired) electrons. The van der Waals surface area contributed by atoms with E-state index in [1.807, 2.05) is 0 Å². The molecule has 0 aromatic heterocycles. The number of aliphatic hydroxyl groups excluding tert-OH is 10. The number of hydrogen-bond donors (Lipinski definition) is 11. The molecule has 2 aliphatic rings. The summed E-state index contributed by atoms with van der Waals surface area (Å²) in [5.41, 5.74) is 0. The minimum atomic E-state index is -1.77. The Bertz CT molecular complexity index is 1260. The fourth-order valence-corrected chi connectivity index (χ4v) is 9.43. The maximum Gasteiger partial charge on any atom is 0.249 e. The predicted molar refractivity (Wildman–Crippen MR) is 271 cm³/mol. The Hall–Kier alpha value is -1.35. The highest BCUT2D eigenvalue weighted by molar-refractivity contribution is 5.81. The Kier molecular flexibility index (Phi) is 37.9. The van der Waals surface area contributed by atoms with E-state index in [2.05, 4.69) is 31.3 Å². The molecule has 0 aromatic rings. The highest BCUT2D eigenvalue weighted by atomic mass is 16.7. The molecule has 0 aliphatic carbocycles. The smallest absolute Gasteiger partial charge is 0.249 e. The quantitative estimate of drug-likeness (QED) is 0.0237. The van der Waals surface area contributed by atoms with Gasteiger partial charge < -0.3 is 75.3 Å². The third-order valence-corrected chi connectivity index (χ3v) is 14.2. The normalized spacial score (nSPS) is 26.9. The van der Waals surface area contributed by atoms with Gasteiger partial charge in [-0.25, -0.2) is 0 Å². The van der Waals surface area contributed by atoms with Gasteiger partial charge in [0.1, 0.15) is 61.0 Å². The van der Waals surface area contributed by atoms with Gasteiger partial charge in [-0.1, -0.05) is 193 Å². The van der Waals surface area contributed by atoms with Gasteiger partial charge in [-0.2, -0.15) is 0 Å². The average molecular weight is 1010 g/mol. The molecule has 14 atom stereocenters. The number of aliphatic hydroxyl groups is 10. The third kappa shape index (κ3) is 26.7. The Balaban J connectivity index is 1.99. The molecule has 0 spiro atoms. The minimum Gasteiger partial charge on any atom is -0.394 e. The van der Waals surface area contributed by atoms with Crippen molar-refractivity contribution in [2.24, 2.45) is 0 Å². The van der Waals surface area contributed by atoms with Gasteiger partial charge in [0.05, 0.1) is 32.0 Å². The van der Waals surface area contributed by atoms with Crippen molar-refractivity contribution < 1.29 is 74.8 Å². The summed E-state index contributed by atoms with van der Waals surface area (Å²) in [4.78, 5) is 14.2. The van der Waals surface area contributed by atoms with Crippen LogP contribution in [0.4, 0.5) is 0 Å². The number of carbonyl (C=O) groups is 1. The van der Waals surface area contributed by atoms with Gasteiger partial charge in [0, 0.05) is 0 Å². The summed E-state index contributed by atoms with van der Waals surface area (Å²) in [5, 5.41) is 108.